The highest BCUT2D eigenvalue weighted by atomic mass is 31.2. The van der Waals surface area contributed by atoms with Gasteiger partial charge in [-0.05, 0) is 45.4 Å². The predicted molar refractivity (Wildman–Crippen MR) is 206 cm³/mol. The van der Waals surface area contributed by atoms with E-state index in [1.807, 2.05) is 40.2 Å². The number of phosphoric acid groups is 1. The summed E-state index contributed by atoms with van der Waals surface area (Å²) in [4.78, 5) is 35.1. The summed E-state index contributed by atoms with van der Waals surface area (Å²) in [6.07, 6.45) is 36.1. The molecule has 0 aromatic heterocycles. The smallest absolute Gasteiger partial charge is 0.462 e. The molecule has 0 bridgehead atoms. The first-order valence-electron chi connectivity index (χ1n) is 19.3. The van der Waals surface area contributed by atoms with Gasteiger partial charge in [0.05, 0.1) is 27.7 Å². The van der Waals surface area contributed by atoms with E-state index in [1.54, 1.807) is 0 Å². The molecule has 290 valence electrons. The van der Waals surface area contributed by atoms with E-state index in [-0.39, 0.29) is 32.0 Å². The molecule has 0 saturated carbocycles. The van der Waals surface area contributed by atoms with E-state index in [0.717, 1.165) is 38.5 Å². The summed E-state index contributed by atoms with van der Waals surface area (Å²) >= 11 is 0. The molecule has 0 spiro atoms. The van der Waals surface area contributed by atoms with Gasteiger partial charge in [0.25, 0.3) is 0 Å². The average molecular weight is 727 g/mol. The van der Waals surface area contributed by atoms with Crippen molar-refractivity contribution in [1.29, 1.82) is 0 Å². The minimum Gasteiger partial charge on any atom is -0.462 e. The fourth-order valence-corrected chi connectivity index (χ4v) is 5.63. The Morgan fingerprint density at radius 3 is 1.70 bits per heavy atom. The van der Waals surface area contributed by atoms with Gasteiger partial charge in [0, 0.05) is 12.8 Å². The fraction of sp³-hybridized carbons (Fsp3) is 0.750. The van der Waals surface area contributed by atoms with Gasteiger partial charge in [-0.15, -0.1) is 0 Å². The standard InChI is InChI=1S/C40H72NO8P/c1-6-8-10-12-14-16-18-20-22-24-26-28-30-32-39(42)46-36-38(37-48-50(44,45)47-35-34-41(3,4)5)49-40(43)33-31-29-27-25-23-21-19-17-15-13-11-9-7-2/h7,9,13,15,19,21,25,27,38H,6,8,10-12,14,16-18,20,22-24,26,28-37H2,1-5H3/p+1/b9-7-,15-13-,21-19-,27-25-/t38-/m1/s1. The Hall–Kier alpha value is -2.03. The molecule has 0 amide bonds. The van der Waals surface area contributed by atoms with Crippen LogP contribution >= 0.6 is 7.82 Å². The molecule has 1 N–H and O–H groups in total. The van der Waals surface area contributed by atoms with Crippen LogP contribution in [0.5, 0.6) is 0 Å². The van der Waals surface area contributed by atoms with Crippen molar-refractivity contribution in [3.63, 3.8) is 0 Å². The molecular formula is C40H73NO8P+. The summed E-state index contributed by atoms with van der Waals surface area (Å²) in [5, 5.41) is 0. The van der Waals surface area contributed by atoms with Gasteiger partial charge in [-0.2, -0.15) is 0 Å². The van der Waals surface area contributed by atoms with Crippen LogP contribution in [-0.2, 0) is 32.7 Å². The van der Waals surface area contributed by atoms with Crippen LogP contribution in [0.4, 0.5) is 0 Å². The van der Waals surface area contributed by atoms with Crippen molar-refractivity contribution in [2.45, 2.75) is 148 Å². The molecule has 0 fully saturated rings. The Bertz CT molecular complexity index is 1000. The zero-order valence-electron chi connectivity index (χ0n) is 32.4. The summed E-state index contributed by atoms with van der Waals surface area (Å²) < 4.78 is 34.1. The summed E-state index contributed by atoms with van der Waals surface area (Å²) in [6, 6.07) is 0. The predicted octanol–water partition coefficient (Wildman–Crippen LogP) is 10.3. The lowest BCUT2D eigenvalue weighted by atomic mass is 10.0. The van der Waals surface area contributed by atoms with Crippen LogP contribution < -0.4 is 0 Å². The quantitative estimate of drug-likeness (QED) is 0.0230. The topological polar surface area (TPSA) is 108 Å². The van der Waals surface area contributed by atoms with Gasteiger partial charge in [-0.25, -0.2) is 4.57 Å². The lowest BCUT2D eigenvalue weighted by Crippen LogP contribution is -2.37. The largest absolute Gasteiger partial charge is 0.472 e. The fourth-order valence-electron chi connectivity index (χ4n) is 4.89. The molecule has 0 radical (unpaired) electrons. The van der Waals surface area contributed by atoms with E-state index >= 15 is 0 Å². The van der Waals surface area contributed by atoms with Gasteiger partial charge in [0.1, 0.15) is 19.8 Å². The Morgan fingerprint density at radius 1 is 0.660 bits per heavy atom. The maximum atomic E-state index is 12.6. The number of ether oxygens (including phenoxy) is 2. The van der Waals surface area contributed by atoms with E-state index in [0.29, 0.717) is 23.9 Å². The zero-order chi connectivity index (χ0) is 37.2. The highest BCUT2D eigenvalue weighted by molar-refractivity contribution is 7.47. The van der Waals surface area contributed by atoms with Gasteiger partial charge in [-0.3, -0.25) is 18.6 Å². The number of rotatable bonds is 34. The zero-order valence-corrected chi connectivity index (χ0v) is 33.3. The molecule has 2 atom stereocenters. The van der Waals surface area contributed by atoms with Crippen LogP contribution in [0.25, 0.3) is 0 Å². The summed E-state index contributed by atoms with van der Waals surface area (Å²) in [6.45, 7) is 4.11. The molecule has 0 heterocycles. The first kappa shape index (κ1) is 48.0. The normalized spacial score (nSPS) is 14.3. The van der Waals surface area contributed by atoms with Gasteiger partial charge in [-0.1, -0.05) is 133 Å². The molecule has 1 unspecified atom stereocenters. The van der Waals surface area contributed by atoms with E-state index in [2.05, 4.69) is 43.4 Å². The Labute approximate surface area is 305 Å². The van der Waals surface area contributed by atoms with Gasteiger partial charge in [0.2, 0.25) is 0 Å². The number of phosphoric ester groups is 1. The number of nitrogens with zero attached hydrogens (tertiary/aromatic N) is 1. The summed E-state index contributed by atoms with van der Waals surface area (Å²) in [5.41, 5.74) is 0. The van der Waals surface area contributed by atoms with Crippen LogP contribution in [0.2, 0.25) is 0 Å². The van der Waals surface area contributed by atoms with Crippen LogP contribution in [0.1, 0.15) is 142 Å². The highest BCUT2D eigenvalue weighted by Crippen LogP contribution is 2.43. The number of esters is 2. The molecule has 0 rings (SSSR count). The summed E-state index contributed by atoms with van der Waals surface area (Å²) in [5.74, 6) is -0.868. The first-order chi connectivity index (χ1) is 24.0. The van der Waals surface area contributed by atoms with Crippen molar-refractivity contribution in [2.24, 2.45) is 0 Å². The van der Waals surface area contributed by atoms with Crippen molar-refractivity contribution < 1.29 is 42.1 Å². The Balaban J connectivity index is 4.51. The van der Waals surface area contributed by atoms with Crippen LogP contribution in [0.3, 0.4) is 0 Å². The first-order valence-corrected chi connectivity index (χ1v) is 20.8. The lowest BCUT2D eigenvalue weighted by Gasteiger charge is -2.24. The molecule has 9 nitrogen and oxygen atoms in total. The number of hydrogen-bond donors (Lipinski definition) is 1. The molecule has 10 heteroatoms. The second-order valence-corrected chi connectivity index (χ2v) is 15.4. The van der Waals surface area contributed by atoms with Gasteiger partial charge < -0.3 is 18.9 Å². The molecule has 0 aliphatic carbocycles. The van der Waals surface area contributed by atoms with E-state index in [4.69, 9.17) is 18.5 Å². The van der Waals surface area contributed by atoms with E-state index in [1.165, 1.54) is 64.2 Å². The second-order valence-electron chi connectivity index (χ2n) is 14.0. The van der Waals surface area contributed by atoms with Crippen LogP contribution in [0.15, 0.2) is 48.6 Å². The van der Waals surface area contributed by atoms with Crippen molar-refractivity contribution in [3.8, 4) is 0 Å². The van der Waals surface area contributed by atoms with E-state index < -0.39 is 26.5 Å². The number of quaternary nitrogens is 1. The number of allylic oxidation sites excluding steroid dienone is 8. The minimum atomic E-state index is -4.38. The van der Waals surface area contributed by atoms with Crippen LogP contribution in [0, 0.1) is 0 Å². The molecule has 0 saturated heterocycles. The third kappa shape index (κ3) is 35.8. The number of unbranched alkanes of at least 4 members (excludes halogenated alkanes) is 13. The van der Waals surface area contributed by atoms with Crippen molar-refractivity contribution in [2.75, 3.05) is 47.5 Å². The molecule has 50 heavy (non-hydrogen) atoms. The van der Waals surface area contributed by atoms with Gasteiger partial charge in [0.15, 0.2) is 6.10 Å². The summed E-state index contributed by atoms with van der Waals surface area (Å²) in [7, 11) is 1.44. The van der Waals surface area contributed by atoms with Gasteiger partial charge >= 0.3 is 19.8 Å². The Kier molecular flexibility index (Phi) is 31.5. The second kappa shape index (κ2) is 32.8. The minimum absolute atomic E-state index is 0.0209. The monoisotopic (exact) mass is 727 g/mol. The molecule has 0 aromatic rings. The van der Waals surface area contributed by atoms with E-state index in [9.17, 15) is 19.0 Å². The lowest BCUT2D eigenvalue weighted by molar-refractivity contribution is -0.870. The molecule has 0 aromatic carbocycles. The number of hydrogen-bond acceptors (Lipinski definition) is 7. The SMILES string of the molecule is C/C=C\C/C=C\C/C=C\C/C=C\CCCC(=O)O[C@H](COC(=O)CCCCCCCCCCCCCCC)COP(=O)(O)OCC[N+](C)(C)C. The number of likely N-dealkylation sites (N-methyl/N-ethyl adjacent to an activating group) is 1. The molecule has 0 aliphatic rings. The number of carbonyl (C=O) groups is 2. The van der Waals surface area contributed by atoms with Crippen molar-refractivity contribution >= 4 is 19.8 Å². The maximum absolute atomic E-state index is 12.6. The molecular weight excluding hydrogens is 653 g/mol. The number of carbonyl (C=O) groups excluding carboxylic acids is 2. The third-order valence-electron chi connectivity index (χ3n) is 7.96. The van der Waals surface area contributed by atoms with Crippen LogP contribution in [-0.4, -0.2) is 74.9 Å². The Morgan fingerprint density at radius 2 is 1.16 bits per heavy atom. The average Bonchev–Trinajstić information content (AvgIpc) is 3.06. The van der Waals surface area contributed by atoms with Crippen molar-refractivity contribution in [1.82, 2.24) is 0 Å². The maximum Gasteiger partial charge on any atom is 0.472 e. The third-order valence-corrected chi connectivity index (χ3v) is 8.94. The molecule has 0 aliphatic heterocycles. The highest BCUT2D eigenvalue weighted by Gasteiger charge is 2.27. The van der Waals surface area contributed by atoms with Crippen molar-refractivity contribution in [3.05, 3.63) is 48.6 Å².